The Labute approximate surface area is 199 Å². The van der Waals surface area contributed by atoms with Crippen LogP contribution in [0.1, 0.15) is 61.9 Å². The van der Waals surface area contributed by atoms with Crippen LogP contribution in [0.4, 0.5) is 0 Å². The molecule has 1 amide bonds. The lowest BCUT2D eigenvalue weighted by Crippen LogP contribution is -2.39. The third-order valence-electron chi connectivity index (χ3n) is 5.48. The van der Waals surface area contributed by atoms with Gasteiger partial charge in [0.05, 0.1) is 6.54 Å². The average molecular weight is 530 g/mol. The molecule has 0 saturated carbocycles. The van der Waals surface area contributed by atoms with E-state index >= 15 is 0 Å². The molecule has 1 atom stereocenters. The van der Waals surface area contributed by atoms with Crippen LogP contribution in [0, 0.1) is 0 Å². The van der Waals surface area contributed by atoms with Crippen molar-refractivity contribution in [1.29, 1.82) is 0 Å². The summed E-state index contributed by atoms with van der Waals surface area (Å²) in [5.74, 6) is 0.876. The van der Waals surface area contributed by atoms with Crippen LogP contribution in [0.15, 0.2) is 29.3 Å². The quantitative estimate of drug-likeness (QED) is 0.222. The monoisotopic (exact) mass is 529 g/mol. The molecule has 2 N–H and O–H groups in total. The molecule has 6 nitrogen and oxygen atoms in total. The van der Waals surface area contributed by atoms with Crippen molar-refractivity contribution in [2.45, 2.75) is 58.5 Å². The Hall–Kier alpha value is -1.35. The standard InChI is InChI=1S/C23H39N5O.HI/c1-5-24-23(25-15-7-9-17-28-16-8-6-10-19(28)2)26-18-20-11-13-21(14-12-20)22(29)27(3)4;/h11-14,19H,5-10,15-18H2,1-4H3,(H2,24,25,26);1H. The molecule has 0 bridgehead atoms. The lowest BCUT2D eigenvalue weighted by atomic mass is 10.0. The van der Waals surface area contributed by atoms with Crippen LogP contribution >= 0.6 is 24.0 Å². The SMILES string of the molecule is CCNC(=NCc1ccc(C(=O)N(C)C)cc1)NCCCCN1CCCCC1C.I. The van der Waals surface area contributed by atoms with Crippen LogP contribution in [-0.4, -0.2) is 68.0 Å². The van der Waals surface area contributed by atoms with Gasteiger partial charge < -0.3 is 20.4 Å². The summed E-state index contributed by atoms with van der Waals surface area (Å²) < 4.78 is 0. The molecule has 30 heavy (non-hydrogen) atoms. The summed E-state index contributed by atoms with van der Waals surface area (Å²) in [6, 6.07) is 8.44. The molecule has 1 aliphatic rings. The molecule has 1 saturated heterocycles. The molecular formula is C23H40IN5O. The molecule has 1 heterocycles. The van der Waals surface area contributed by atoms with E-state index in [1.165, 1.54) is 38.8 Å². The van der Waals surface area contributed by atoms with E-state index in [9.17, 15) is 4.79 Å². The van der Waals surface area contributed by atoms with Gasteiger partial charge in [0.25, 0.3) is 5.91 Å². The van der Waals surface area contributed by atoms with Crippen molar-refractivity contribution in [2.75, 3.05) is 40.3 Å². The van der Waals surface area contributed by atoms with E-state index in [1.807, 2.05) is 24.3 Å². The molecule has 1 aromatic carbocycles. The van der Waals surface area contributed by atoms with Crippen molar-refractivity contribution in [1.82, 2.24) is 20.4 Å². The van der Waals surface area contributed by atoms with Gasteiger partial charge in [-0.15, -0.1) is 24.0 Å². The van der Waals surface area contributed by atoms with Crippen molar-refractivity contribution in [3.63, 3.8) is 0 Å². The largest absolute Gasteiger partial charge is 0.357 e. The van der Waals surface area contributed by atoms with Crippen molar-refractivity contribution in [2.24, 2.45) is 4.99 Å². The normalized spacial score (nSPS) is 17.2. The topological polar surface area (TPSA) is 60.0 Å². The zero-order valence-corrected chi connectivity index (χ0v) is 21.4. The maximum Gasteiger partial charge on any atom is 0.253 e. The molecule has 7 heteroatoms. The highest BCUT2D eigenvalue weighted by Crippen LogP contribution is 2.16. The number of carbonyl (C=O) groups is 1. The minimum absolute atomic E-state index is 0. The van der Waals surface area contributed by atoms with Gasteiger partial charge in [0, 0.05) is 38.8 Å². The van der Waals surface area contributed by atoms with Gasteiger partial charge >= 0.3 is 0 Å². The maximum atomic E-state index is 12.0. The van der Waals surface area contributed by atoms with Gasteiger partial charge in [-0.2, -0.15) is 0 Å². The zero-order valence-electron chi connectivity index (χ0n) is 19.1. The summed E-state index contributed by atoms with van der Waals surface area (Å²) in [6.07, 6.45) is 6.45. The molecular weight excluding hydrogens is 489 g/mol. The van der Waals surface area contributed by atoms with Crippen LogP contribution in [0.2, 0.25) is 0 Å². The number of hydrogen-bond donors (Lipinski definition) is 2. The number of aliphatic imine (C=N–C) groups is 1. The number of rotatable bonds is 9. The summed E-state index contributed by atoms with van der Waals surface area (Å²) in [6.45, 7) is 9.27. The van der Waals surface area contributed by atoms with E-state index in [2.05, 4.69) is 34.4 Å². The van der Waals surface area contributed by atoms with Gasteiger partial charge in [-0.1, -0.05) is 18.6 Å². The lowest BCUT2D eigenvalue weighted by molar-refractivity contribution is 0.0827. The van der Waals surface area contributed by atoms with Gasteiger partial charge in [0.1, 0.15) is 0 Å². The summed E-state index contributed by atoms with van der Waals surface area (Å²) in [4.78, 5) is 20.9. The van der Waals surface area contributed by atoms with Crippen molar-refractivity contribution in [3.8, 4) is 0 Å². The molecule has 1 aromatic rings. The van der Waals surface area contributed by atoms with Crippen LogP contribution < -0.4 is 10.6 Å². The van der Waals surface area contributed by atoms with E-state index in [-0.39, 0.29) is 29.9 Å². The smallest absolute Gasteiger partial charge is 0.253 e. The third kappa shape index (κ3) is 9.20. The summed E-state index contributed by atoms with van der Waals surface area (Å²) in [5, 5.41) is 6.76. The molecule has 0 radical (unpaired) electrons. The van der Waals surface area contributed by atoms with Crippen LogP contribution in [-0.2, 0) is 6.54 Å². The summed E-state index contributed by atoms with van der Waals surface area (Å²) in [7, 11) is 3.53. The summed E-state index contributed by atoms with van der Waals surface area (Å²) in [5.41, 5.74) is 1.80. The minimum atomic E-state index is 0. The highest BCUT2D eigenvalue weighted by molar-refractivity contribution is 14.0. The van der Waals surface area contributed by atoms with E-state index in [1.54, 1.807) is 19.0 Å². The van der Waals surface area contributed by atoms with Crippen molar-refractivity contribution < 1.29 is 4.79 Å². The number of halogens is 1. The molecule has 0 aliphatic carbocycles. The van der Waals surface area contributed by atoms with Gasteiger partial charge in [-0.05, 0) is 70.3 Å². The molecule has 1 fully saturated rings. The Kier molecular flexibility index (Phi) is 13.0. The first-order valence-electron chi connectivity index (χ1n) is 11.1. The Morgan fingerprint density at radius 3 is 2.53 bits per heavy atom. The predicted molar refractivity (Wildman–Crippen MR) is 137 cm³/mol. The fourth-order valence-corrected chi connectivity index (χ4v) is 3.66. The van der Waals surface area contributed by atoms with E-state index in [0.29, 0.717) is 12.1 Å². The second kappa shape index (κ2) is 14.6. The fraction of sp³-hybridized carbons (Fsp3) is 0.652. The zero-order chi connectivity index (χ0) is 21.1. The Bertz CT molecular complexity index is 647. The van der Waals surface area contributed by atoms with Gasteiger partial charge in [-0.3, -0.25) is 4.79 Å². The maximum absolute atomic E-state index is 12.0. The first-order chi connectivity index (χ1) is 14.0. The first kappa shape index (κ1) is 26.7. The van der Waals surface area contributed by atoms with Crippen LogP contribution in [0.5, 0.6) is 0 Å². The third-order valence-corrected chi connectivity index (χ3v) is 5.48. The molecule has 1 aliphatic heterocycles. The average Bonchev–Trinajstić information content (AvgIpc) is 2.72. The minimum Gasteiger partial charge on any atom is -0.357 e. The highest BCUT2D eigenvalue weighted by atomic mass is 127. The number of unbranched alkanes of at least 4 members (excludes halogenated alkanes) is 1. The van der Waals surface area contributed by atoms with Gasteiger partial charge in [-0.25, -0.2) is 4.99 Å². The van der Waals surface area contributed by atoms with Crippen LogP contribution in [0.3, 0.4) is 0 Å². The molecule has 170 valence electrons. The number of nitrogens with zero attached hydrogens (tertiary/aromatic N) is 3. The number of likely N-dealkylation sites (tertiary alicyclic amines) is 1. The lowest BCUT2D eigenvalue weighted by Gasteiger charge is -2.33. The second-order valence-corrected chi connectivity index (χ2v) is 8.11. The Morgan fingerprint density at radius 1 is 1.17 bits per heavy atom. The number of hydrogen-bond acceptors (Lipinski definition) is 3. The first-order valence-corrected chi connectivity index (χ1v) is 11.1. The van der Waals surface area contributed by atoms with E-state index in [4.69, 9.17) is 0 Å². The number of carbonyl (C=O) groups excluding carboxylic acids is 1. The molecule has 1 unspecified atom stereocenters. The predicted octanol–water partition coefficient (Wildman–Crippen LogP) is 3.72. The Balaban J connectivity index is 0.00000450. The van der Waals surface area contributed by atoms with Crippen molar-refractivity contribution in [3.05, 3.63) is 35.4 Å². The molecule has 2 rings (SSSR count). The summed E-state index contributed by atoms with van der Waals surface area (Å²) >= 11 is 0. The fourth-order valence-electron chi connectivity index (χ4n) is 3.66. The second-order valence-electron chi connectivity index (χ2n) is 8.11. The molecule has 0 aromatic heterocycles. The van der Waals surface area contributed by atoms with E-state index < -0.39 is 0 Å². The van der Waals surface area contributed by atoms with Gasteiger partial charge in [0.2, 0.25) is 0 Å². The number of guanidine groups is 1. The Morgan fingerprint density at radius 2 is 1.90 bits per heavy atom. The molecule has 0 spiro atoms. The van der Waals surface area contributed by atoms with Crippen LogP contribution in [0.25, 0.3) is 0 Å². The van der Waals surface area contributed by atoms with Gasteiger partial charge in [0.15, 0.2) is 5.96 Å². The van der Waals surface area contributed by atoms with Crippen molar-refractivity contribution >= 4 is 35.8 Å². The number of amides is 1. The van der Waals surface area contributed by atoms with E-state index in [0.717, 1.165) is 37.1 Å². The highest BCUT2D eigenvalue weighted by Gasteiger charge is 2.17. The number of benzene rings is 1. The number of nitrogens with one attached hydrogen (secondary N) is 2. The number of piperidine rings is 1.